The maximum atomic E-state index is 11.7. The van der Waals surface area contributed by atoms with Crippen molar-refractivity contribution in [2.45, 2.75) is 52.2 Å². The van der Waals surface area contributed by atoms with E-state index in [1.165, 1.54) is 5.56 Å². The number of benzene rings is 1. The highest BCUT2D eigenvalue weighted by molar-refractivity contribution is 7.71. The van der Waals surface area contributed by atoms with E-state index in [4.69, 9.17) is 12.2 Å². The Morgan fingerprint density at radius 3 is 2.64 bits per heavy atom. The lowest BCUT2D eigenvalue weighted by atomic mass is 9.87. The van der Waals surface area contributed by atoms with Crippen LogP contribution in [-0.4, -0.2) is 16.0 Å². The van der Waals surface area contributed by atoms with E-state index in [0.29, 0.717) is 29.5 Å². The minimum absolute atomic E-state index is 0.309. The van der Waals surface area contributed by atoms with E-state index in [1.54, 1.807) is 0 Å². The van der Waals surface area contributed by atoms with Crippen LogP contribution in [0.15, 0.2) is 42.5 Å². The van der Waals surface area contributed by atoms with E-state index in [-0.39, 0.29) is 0 Å². The maximum absolute atomic E-state index is 11.7. The molecule has 146 valence electrons. The fraction of sp³-hybridized carbons (Fsp3) is 0.333. The van der Waals surface area contributed by atoms with E-state index >= 15 is 0 Å². The molecule has 1 aromatic carbocycles. The van der Waals surface area contributed by atoms with Gasteiger partial charge in [0.15, 0.2) is 6.29 Å². The predicted octanol–water partition coefficient (Wildman–Crippen LogP) is 5.39. The molecular formula is C24H27NO2S. The number of nitrogens with zero attached hydrogens (tertiary/aromatic N) is 1. The Hall–Kier alpha value is -2.30. The minimum atomic E-state index is -1.52. The van der Waals surface area contributed by atoms with Gasteiger partial charge in [-0.15, -0.1) is 0 Å². The molecule has 3 rings (SSSR count). The molecule has 2 aromatic rings. The molecule has 0 aliphatic carbocycles. The highest BCUT2D eigenvalue weighted by Gasteiger charge is 2.33. The van der Waals surface area contributed by atoms with Gasteiger partial charge in [-0.05, 0) is 65.3 Å². The largest absolute Gasteiger partial charge is 0.378 e. The molecule has 0 saturated carbocycles. The van der Waals surface area contributed by atoms with Crippen molar-refractivity contribution in [3.63, 3.8) is 0 Å². The van der Waals surface area contributed by atoms with Crippen LogP contribution in [0.5, 0.6) is 0 Å². The number of rotatable bonds is 6. The first-order chi connectivity index (χ1) is 13.4. The van der Waals surface area contributed by atoms with Gasteiger partial charge in [0.05, 0.1) is 0 Å². The summed E-state index contributed by atoms with van der Waals surface area (Å²) in [6, 6.07) is 10.2. The predicted molar refractivity (Wildman–Crippen MR) is 118 cm³/mol. The number of fused-ring (bicyclic) bond motifs is 1. The molecule has 2 heterocycles. The van der Waals surface area contributed by atoms with Gasteiger partial charge in [-0.1, -0.05) is 63.3 Å². The van der Waals surface area contributed by atoms with Gasteiger partial charge >= 0.3 is 0 Å². The third-order valence-electron chi connectivity index (χ3n) is 5.64. The fourth-order valence-corrected chi connectivity index (χ4v) is 4.19. The Bertz CT molecular complexity index is 1030. The molecule has 4 heteroatoms. The first-order valence-corrected chi connectivity index (χ1v) is 10.2. The molecule has 1 aliphatic rings. The second-order valence-corrected chi connectivity index (χ2v) is 7.85. The summed E-state index contributed by atoms with van der Waals surface area (Å²) in [7, 11) is 0. The standard InChI is InChI=1S/C24H27NO2S/c1-5-9-20-21(24(27,6-2)15-26)13-22-17(4)19(14-25(22)23(20)28)12-18-11-8-7-10-16(18)3/h7-8,10-13,15,27H,4-6,9,14H2,1-3H3/b19-12-. The highest BCUT2D eigenvalue weighted by Crippen LogP contribution is 2.38. The third-order valence-corrected chi connectivity index (χ3v) is 6.11. The molecule has 1 aliphatic heterocycles. The first-order valence-electron chi connectivity index (χ1n) is 9.78. The molecule has 0 saturated heterocycles. The van der Waals surface area contributed by atoms with Crippen LogP contribution in [0.1, 0.15) is 54.6 Å². The van der Waals surface area contributed by atoms with Crippen molar-refractivity contribution in [2.24, 2.45) is 0 Å². The number of pyridine rings is 1. The molecule has 1 unspecified atom stereocenters. The van der Waals surface area contributed by atoms with Gasteiger partial charge in [0.1, 0.15) is 10.2 Å². The summed E-state index contributed by atoms with van der Waals surface area (Å²) in [5.74, 6) is 0. The van der Waals surface area contributed by atoms with Crippen LogP contribution in [-0.2, 0) is 23.4 Å². The number of carbonyl (C=O) groups excluding carboxylic acids is 1. The summed E-state index contributed by atoms with van der Waals surface area (Å²) in [6.07, 6.45) is 4.72. The van der Waals surface area contributed by atoms with Crippen molar-refractivity contribution in [1.82, 2.24) is 4.57 Å². The summed E-state index contributed by atoms with van der Waals surface area (Å²) in [5, 5.41) is 10.9. The van der Waals surface area contributed by atoms with Gasteiger partial charge in [0.2, 0.25) is 0 Å². The van der Waals surface area contributed by atoms with Gasteiger partial charge in [-0.25, -0.2) is 0 Å². The van der Waals surface area contributed by atoms with E-state index in [2.05, 4.69) is 43.2 Å². The number of hydrogen-bond acceptors (Lipinski definition) is 3. The van der Waals surface area contributed by atoms with Crippen LogP contribution in [0.3, 0.4) is 0 Å². The summed E-state index contributed by atoms with van der Waals surface area (Å²) >= 11 is 5.80. The van der Waals surface area contributed by atoms with E-state index in [9.17, 15) is 9.90 Å². The van der Waals surface area contributed by atoms with Crippen LogP contribution in [0.25, 0.3) is 11.6 Å². The van der Waals surface area contributed by atoms with Gasteiger partial charge in [-0.3, -0.25) is 4.79 Å². The van der Waals surface area contributed by atoms with Crippen molar-refractivity contribution in [2.75, 3.05) is 0 Å². The fourth-order valence-electron chi connectivity index (χ4n) is 3.81. The molecule has 28 heavy (non-hydrogen) atoms. The molecule has 0 bridgehead atoms. The zero-order chi connectivity index (χ0) is 20.5. The zero-order valence-electron chi connectivity index (χ0n) is 16.8. The molecule has 3 nitrogen and oxygen atoms in total. The summed E-state index contributed by atoms with van der Waals surface area (Å²) in [4.78, 5) is 11.7. The molecule has 1 aromatic heterocycles. The molecule has 0 fully saturated rings. The Labute approximate surface area is 172 Å². The number of hydrogen-bond donors (Lipinski definition) is 1. The SMILES string of the molecule is C=C1/C(=C\c2ccccc2C)Cn2c1cc(C(O)(C=O)CC)c(CCC)c2=S. The summed E-state index contributed by atoms with van der Waals surface area (Å²) < 4.78 is 2.77. The van der Waals surface area contributed by atoms with Crippen molar-refractivity contribution in [3.05, 3.63) is 75.1 Å². The Balaban J connectivity index is 2.18. The minimum Gasteiger partial charge on any atom is -0.378 e. The lowest BCUT2D eigenvalue weighted by molar-refractivity contribution is -0.125. The van der Waals surface area contributed by atoms with Gasteiger partial charge in [-0.2, -0.15) is 0 Å². The number of aryl methyl sites for hydroxylation is 1. The van der Waals surface area contributed by atoms with Crippen LogP contribution in [0.2, 0.25) is 0 Å². The smallest absolute Gasteiger partial charge is 0.156 e. The van der Waals surface area contributed by atoms with Crippen molar-refractivity contribution in [3.8, 4) is 0 Å². The second-order valence-electron chi connectivity index (χ2n) is 7.46. The molecule has 0 radical (unpaired) electrons. The second kappa shape index (κ2) is 7.98. The molecule has 1 N–H and O–H groups in total. The van der Waals surface area contributed by atoms with Crippen molar-refractivity contribution >= 4 is 30.2 Å². The molecular weight excluding hydrogens is 366 g/mol. The Morgan fingerprint density at radius 2 is 2.04 bits per heavy atom. The molecule has 0 amide bonds. The normalized spacial score (nSPS) is 16.9. The molecule has 0 spiro atoms. The Kier molecular flexibility index (Phi) is 5.82. The zero-order valence-corrected chi connectivity index (χ0v) is 17.6. The maximum Gasteiger partial charge on any atom is 0.156 e. The monoisotopic (exact) mass is 393 g/mol. The first kappa shape index (κ1) is 20.4. The van der Waals surface area contributed by atoms with Gasteiger partial charge in [0.25, 0.3) is 0 Å². The Morgan fingerprint density at radius 1 is 1.32 bits per heavy atom. The molecule has 1 atom stereocenters. The highest BCUT2D eigenvalue weighted by atomic mass is 32.1. The van der Waals surface area contributed by atoms with Crippen LogP contribution in [0.4, 0.5) is 0 Å². The van der Waals surface area contributed by atoms with Crippen LogP contribution in [0, 0.1) is 11.6 Å². The van der Waals surface area contributed by atoms with Crippen LogP contribution >= 0.6 is 12.2 Å². The number of allylic oxidation sites excluding steroid dienone is 2. The lowest BCUT2D eigenvalue weighted by Gasteiger charge is -2.25. The van der Waals surface area contributed by atoms with E-state index < -0.39 is 5.60 Å². The van der Waals surface area contributed by atoms with Gasteiger partial charge < -0.3 is 9.67 Å². The third kappa shape index (κ3) is 3.43. The van der Waals surface area contributed by atoms with Crippen molar-refractivity contribution < 1.29 is 9.90 Å². The number of aromatic nitrogens is 1. The number of carbonyl (C=O) groups is 1. The van der Waals surface area contributed by atoms with Gasteiger partial charge in [0, 0.05) is 12.2 Å². The van der Waals surface area contributed by atoms with Crippen molar-refractivity contribution in [1.29, 1.82) is 0 Å². The number of aliphatic hydroxyl groups is 1. The van der Waals surface area contributed by atoms with E-state index in [1.807, 2.05) is 25.1 Å². The summed E-state index contributed by atoms with van der Waals surface area (Å²) in [6.45, 7) is 10.9. The quantitative estimate of drug-likeness (QED) is 0.529. The average Bonchev–Trinajstić information content (AvgIpc) is 3.01. The number of aldehydes is 1. The lowest BCUT2D eigenvalue weighted by Crippen LogP contribution is -2.29. The topological polar surface area (TPSA) is 42.2 Å². The summed E-state index contributed by atoms with van der Waals surface area (Å²) in [5.41, 5.74) is 5.24. The van der Waals surface area contributed by atoms with E-state index in [0.717, 1.165) is 40.8 Å². The average molecular weight is 394 g/mol. The van der Waals surface area contributed by atoms with Crippen LogP contribution < -0.4 is 0 Å².